The lowest BCUT2D eigenvalue weighted by Gasteiger charge is -2.10. The van der Waals surface area contributed by atoms with Gasteiger partial charge in [0.05, 0.1) is 24.7 Å². The van der Waals surface area contributed by atoms with Gasteiger partial charge in [0, 0.05) is 23.1 Å². The summed E-state index contributed by atoms with van der Waals surface area (Å²) in [6, 6.07) is 11.1. The topological polar surface area (TPSA) is 127 Å². The molecule has 1 heterocycles. The molecule has 3 rings (SSSR count). The van der Waals surface area contributed by atoms with Crippen molar-refractivity contribution >= 4 is 23.4 Å². The number of aromatic nitrogens is 2. The SMILES string of the molecule is COc1ccc(-c2noc(COC(=O)C(C)Sc3ccc([N+](=O)[O-])cc3)n2)c(OC)c1. The molecule has 0 fully saturated rings. The second kappa shape index (κ2) is 9.94. The summed E-state index contributed by atoms with van der Waals surface area (Å²) in [7, 11) is 3.07. The maximum Gasteiger partial charge on any atom is 0.319 e. The second-order valence-corrected chi connectivity index (χ2v) is 7.61. The van der Waals surface area contributed by atoms with Crippen molar-refractivity contribution in [1.82, 2.24) is 10.1 Å². The van der Waals surface area contributed by atoms with Crippen LogP contribution in [0.2, 0.25) is 0 Å². The van der Waals surface area contributed by atoms with Crippen LogP contribution in [-0.4, -0.2) is 40.5 Å². The van der Waals surface area contributed by atoms with Crippen molar-refractivity contribution in [3.63, 3.8) is 0 Å². The molecule has 31 heavy (non-hydrogen) atoms. The number of hydrogen-bond acceptors (Lipinski definition) is 10. The average Bonchev–Trinajstić information content (AvgIpc) is 3.26. The lowest BCUT2D eigenvalue weighted by Crippen LogP contribution is -2.16. The Balaban J connectivity index is 1.58. The summed E-state index contributed by atoms with van der Waals surface area (Å²) >= 11 is 1.23. The Hall–Kier alpha value is -3.60. The monoisotopic (exact) mass is 445 g/mol. The van der Waals surface area contributed by atoms with E-state index in [0.717, 1.165) is 0 Å². The lowest BCUT2D eigenvalue weighted by molar-refractivity contribution is -0.384. The van der Waals surface area contributed by atoms with Gasteiger partial charge in [-0.15, -0.1) is 11.8 Å². The number of ether oxygens (including phenoxy) is 3. The molecule has 0 radical (unpaired) electrons. The highest BCUT2D eigenvalue weighted by Crippen LogP contribution is 2.31. The number of thioether (sulfide) groups is 1. The molecule has 0 aliphatic heterocycles. The molecule has 3 aromatic rings. The van der Waals surface area contributed by atoms with Crippen molar-refractivity contribution in [2.75, 3.05) is 14.2 Å². The number of hydrogen-bond donors (Lipinski definition) is 0. The van der Waals surface area contributed by atoms with Crippen LogP contribution in [0.25, 0.3) is 11.4 Å². The van der Waals surface area contributed by atoms with Crippen molar-refractivity contribution < 1.29 is 28.5 Å². The average molecular weight is 445 g/mol. The third-order valence-corrected chi connectivity index (χ3v) is 5.24. The molecule has 0 aliphatic carbocycles. The van der Waals surface area contributed by atoms with E-state index in [0.29, 0.717) is 27.8 Å². The lowest BCUT2D eigenvalue weighted by atomic mass is 10.2. The standard InChI is InChI=1S/C20H19N3O7S/c1-12(31-15-7-4-13(5-8-15)23(25)26)20(24)29-11-18-21-19(22-30-18)16-9-6-14(27-2)10-17(16)28-3/h4-10,12H,11H2,1-3H3. The fraction of sp³-hybridized carbons (Fsp3) is 0.250. The number of nitrogens with zero attached hydrogens (tertiary/aromatic N) is 3. The van der Waals surface area contributed by atoms with Gasteiger partial charge in [-0.05, 0) is 31.2 Å². The number of methoxy groups -OCH3 is 2. The van der Waals surface area contributed by atoms with Gasteiger partial charge >= 0.3 is 5.97 Å². The van der Waals surface area contributed by atoms with Crippen LogP contribution < -0.4 is 9.47 Å². The Bertz CT molecular complexity index is 1070. The van der Waals surface area contributed by atoms with Crippen LogP contribution in [0.1, 0.15) is 12.8 Å². The molecule has 1 aromatic heterocycles. The van der Waals surface area contributed by atoms with Crippen molar-refractivity contribution in [3.8, 4) is 22.9 Å². The van der Waals surface area contributed by atoms with Gasteiger partial charge in [0.1, 0.15) is 16.7 Å². The largest absolute Gasteiger partial charge is 0.497 e. The summed E-state index contributed by atoms with van der Waals surface area (Å²) in [6.45, 7) is 1.49. The van der Waals surface area contributed by atoms with Gasteiger partial charge in [0.2, 0.25) is 5.82 Å². The van der Waals surface area contributed by atoms with Crippen LogP contribution in [0, 0.1) is 10.1 Å². The number of benzene rings is 2. The van der Waals surface area contributed by atoms with Crippen LogP contribution in [-0.2, 0) is 16.1 Å². The molecule has 0 saturated carbocycles. The highest BCUT2D eigenvalue weighted by atomic mass is 32.2. The van der Waals surface area contributed by atoms with Gasteiger partial charge < -0.3 is 18.7 Å². The van der Waals surface area contributed by atoms with E-state index in [9.17, 15) is 14.9 Å². The molecule has 10 nitrogen and oxygen atoms in total. The minimum absolute atomic E-state index is 0.0136. The third kappa shape index (κ3) is 5.51. The number of carbonyl (C=O) groups excluding carboxylic acids is 1. The zero-order valence-electron chi connectivity index (χ0n) is 16.9. The molecule has 0 amide bonds. The summed E-state index contributed by atoms with van der Waals surface area (Å²) in [5.74, 6) is 1.08. The minimum Gasteiger partial charge on any atom is -0.497 e. The number of nitro groups is 1. The van der Waals surface area contributed by atoms with E-state index in [4.69, 9.17) is 18.7 Å². The molecule has 0 aliphatic rings. The normalized spacial score (nSPS) is 11.6. The minimum atomic E-state index is -0.537. The Kier molecular flexibility index (Phi) is 7.08. The third-order valence-electron chi connectivity index (χ3n) is 4.15. The van der Waals surface area contributed by atoms with E-state index in [1.165, 1.54) is 31.0 Å². The predicted octanol–water partition coefficient (Wildman–Crippen LogP) is 3.89. The smallest absolute Gasteiger partial charge is 0.319 e. The quantitative estimate of drug-likeness (QED) is 0.207. The van der Waals surface area contributed by atoms with Gasteiger partial charge in [0.25, 0.3) is 11.6 Å². The molecule has 2 aromatic carbocycles. The van der Waals surface area contributed by atoms with Crippen LogP contribution in [0.15, 0.2) is 51.9 Å². The van der Waals surface area contributed by atoms with Crippen LogP contribution >= 0.6 is 11.8 Å². The summed E-state index contributed by atoms with van der Waals surface area (Å²) < 4.78 is 20.9. The van der Waals surface area contributed by atoms with E-state index < -0.39 is 16.1 Å². The van der Waals surface area contributed by atoms with Crippen LogP contribution in [0.4, 0.5) is 5.69 Å². The van der Waals surface area contributed by atoms with E-state index in [1.807, 2.05) is 0 Å². The van der Waals surface area contributed by atoms with Crippen LogP contribution in [0.5, 0.6) is 11.5 Å². The van der Waals surface area contributed by atoms with Crippen LogP contribution in [0.3, 0.4) is 0 Å². The fourth-order valence-electron chi connectivity index (χ4n) is 2.56. The van der Waals surface area contributed by atoms with Crippen molar-refractivity contribution in [2.24, 2.45) is 0 Å². The molecule has 0 spiro atoms. The number of esters is 1. The van der Waals surface area contributed by atoms with E-state index >= 15 is 0 Å². The first kappa shape index (κ1) is 22.1. The molecule has 0 saturated heterocycles. The molecule has 0 bridgehead atoms. The summed E-state index contributed by atoms with van der Waals surface area (Å²) in [5, 5.41) is 14.1. The first-order valence-electron chi connectivity index (χ1n) is 9.04. The zero-order chi connectivity index (χ0) is 22.4. The maximum atomic E-state index is 12.3. The highest BCUT2D eigenvalue weighted by Gasteiger charge is 2.19. The number of nitro benzene ring substituents is 1. The van der Waals surface area contributed by atoms with Gasteiger partial charge in [0.15, 0.2) is 6.61 Å². The predicted molar refractivity (Wildman–Crippen MR) is 111 cm³/mol. The van der Waals surface area contributed by atoms with E-state index in [-0.39, 0.29) is 18.2 Å². The maximum absolute atomic E-state index is 12.3. The van der Waals surface area contributed by atoms with Gasteiger partial charge in [-0.1, -0.05) is 5.16 Å². The molecular formula is C20H19N3O7S. The Morgan fingerprint density at radius 1 is 1.19 bits per heavy atom. The van der Waals surface area contributed by atoms with Gasteiger partial charge in [-0.25, -0.2) is 0 Å². The molecule has 1 atom stereocenters. The Morgan fingerprint density at radius 3 is 2.58 bits per heavy atom. The van der Waals surface area contributed by atoms with E-state index in [1.54, 1.807) is 44.4 Å². The first-order chi connectivity index (χ1) is 14.9. The molecular weight excluding hydrogens is 426 g/mol. The van der Waals surface area contributed by atoms with Crippen molar-refractivity contribution in [2.45, 2.75) is 23.7 Å². The van der Waals surface area contributed by atoms with Gasteiger partial charge in [-0.2, -0.15) is 4.98 Å². The number of non-ortho nitro benzene ring substituents is 1. The Morgan fingerprint density at radius 2 is 1.94 bits per heavy atom. The fourth-order valence-corrected chi connectivity index (χ4v) is 3.42. The molecule has 1 unspecified atom stereocenters. The number of carbonyl (C=O) groups is 1. The summed E-state index contributed by atoms with van der Waals surface area (Å²) in [4.78, 5) is 27.4. The molecule has 0 N–H and O–H groups in total. The first-order valence-corrected chi connectivity index (χ1v) is 9.92. The Labute approximate surface area is 181 Å². The number of rotatable bonds is 9. The summed E-state index contributed by atoms with van der Waals surface area (Å²) in [6.07, 6.45) is 0. The van der Waals surface area contributed by atoms with Gasteiger partial charge in [-0.3, -0.25) is 14.9 Å². The highest BCUT2D eigenvalue weighted by molar-refractivity contribution is 8.00. The van der Waals surface area contributed by atoms with Crippen molar-refractivity contribution in [1.29, 1.82) is 0 Å². The van der Waals surface area contributed by atoms with Crippen molar-refractivity contribution in [3.05, 3.63) is 58.5 Å². The zero-order valence-corrected chi connectivity index (χ0v) is 17.8. The molecule has 11 heteroatoms. The second-order valence-electron chi connectivity index (χ2n) is 6.20. The molecule has 162 valence electrons. The summed E-state index contributed by atoms with van der Waals surface area (Å²) in [5.41, 5.74) is 0.590. The van der Waals surface area contributed by atoms with E-state index in [2.05, 4.69) is 10.1 Å².